The van der Waals surface area contributed by atoms with Gasteiger partial charge >= 0.3 is 0 Å². The summed E-state index contributed by atoms with van der Waals surface area (Å²) >= 11 is 0. The number of H-pyrrole nitrogens is 1. The van der Waals surface area contributed by atoms with Gasteiger partial charge in [0, 0.05) is 19.0 Å². The van der Waals surface area contributed by atoms with Gasteiger partial charge in [-0.25, -0.2) is 4.98 Å². The van der Waals surface area contributed by atoms with Gasteiger partial charge in [0.1, 0.15) is 5.56 Å². The van der Waals surface area contributed by atoms with Crippen molar-refractivity contribution in [2.45, 2.75) is 44.7 Å². The maximum Gasteiger partial charge on any atom is 0.256 e. The first-order chi connectivity index (χ1) is 13.2. The molecule has 0 aromatic carbocycles. The molecule has 2 amide bonds. The Bertz CT molecular complexity index is 845. The van der Waals surface area contributed by atoms with Gasteiger partial charge in [0.2, 0.25) is 5.88 Å². The fourth-order valence-corrected chi connectivity index (χ4v) is 3.80. The Morgan fingerprint density at radius 1 is 1.41 bits per heavy atom. The Morgan fingerprint density at radius 3 is 2.93 bits per heavy atom. The molecule has 0 spiro atoms. The van der Waals surface area contributed by atoms with Gasteiger partial charge in [-0.3, -0.25) is 9.59 Å². The number of aromatic amines is 1. The van der Waals surface area contributed by atoms with Gasteiger partial charge in [-0.2, -0.15) is 15.4 Å². The van der Waals surface area contributed by atoms with Crippen molar-refractivity contribution in [2.24, 2.45) is 0 Å². The van der Waals surface area contributed by atoms with E-state index in [1.807, 2.05) is 4.90 Å². The number of methoxy groups -OCH3 is 1. The second-order valence-corrected chi connectivity index (χ2v) is 6.88. The number of ether oxygens (including phenoxy) is 1. The smallest absolute Gasteiger partial charge is 0.256 e. The molecule has 0 unspecified atom stereocenters. The Morgan fingerprint density at radius 2 is 2.22 bits per heavy atom. The minimum atomic E-state index is -0.322. The lowest BCUT2D eigenvalue weighted by Gasteiger charge is -2.22. The normalized spacial score (nSPS) is 16.6. The van der Waals surface area contributed by atoms with E-state index in [0.29, 0.717) is 30.8 Å². The number of carbonyl (C=O) groups is 2. The van der Waals surface area contributed by atoms with Crippen molar-refractivity contribution in [1.82, 2.24) is 30.6 Å². The van der Waals surface area contributed by atoms with Crippen LogP contribution in [0.25, 0.3) is 0 Å². The van der Waals surface area contributed by atoms with Crippen molar-refractivity contribution in [3.8, 4) is 5.88 Å². The highest BCUT2D eigenvalue weighted by molar-refractivity contribution is 6.03. The summed E-state index contributed by atoms with van der Waals surface area (Å²) in [5, 5.41) is 13.0. The van der Waals surface area contributed by atoms with Gasteiger partial charge in [-0.1, -0.05) is 12.8 Å². The zero-order valence-electron chi connectivity index (χ0n) is 15.2. The summed E-state index contributed by atoms with van der Waals surface area (Å²) in [7, 11) is 1.48. The average molecular weight is 370 g/mol. The predicted molar refractivity (Wildman–Crippen MR) is 95.3 cm³/mol. The maximum absolute atomic E-state index is 12.8. The van der Waals surface area contributed by atoms with Gasteiger partial charge in [-0.15, -0.1) is 0 Å². The quantitative estimate of drug-likeness (QED) is 0.787. The number of carbonyl (C=O) groups excluding carboxylic acids is 2. The van der Waals surface area contributed by atoms with Crippen molar-refractivity contribution in [1.29, 1.82) is 0 Å². The molecule has 1 aliphatic heterocycles. The summed E-state index contributed by atoms with van der Waals surface area (Å²) < 4.78 is 5.31. The molecule has 1 saturated carbocycles. The van der Waals surface area contributed by atoms with Crippen molar-refractivity contribution in [3.05, 3.63) is 34.8 Å². The highest BCUT2D eigenvalue weighted by Gasteiger charge is 2.36. The number of hydrogen-bond donors (Lipinski definition) is 2. The number of amides is 2. The second-order valence-electron chi connectivity index (χ2n) is 6.88. The molecular formula is C18H22N6O3. The van der Waals surface area contributed by atoms with E-state index < -0.39 is 0 Å². The first-order valence-corrected chi connectivity index (χ1v) is 9.19. The van der Waals surface area contributed by atoms with Crippen LogP contribution < -0.4 is 10.1 Å². The fourth-order valence-electron chi connectivity index (χ4n) is 3.80. The van der Waals surface area contributed by atoms with Crippen molar-refractivity contribution < 1.29 is 14.3 Å². The van der Waals surface area contributed by atoms with E-state index in [9.17, 15) is 9.59 Å². The van der Waals surface area contributed by atoms with Crippen LogP contribution in [-0.2, 0) is 13.0 Å². The average Bonchev–Trinajstić information content (AvgIpc) is 3.42. The van der Waals surface area contributed by atoms with Crippen LogP contribution in [0.5, 0.6) is 5.88 Å². The molecule has 2 N–H and O–H groups in total. The molecule has 0 radical (unpaired) electrons. The van der Waals surface area contributed by atoms with Crippen LogP contribution in [-0.4, -0.2) is 56.8 Å². The second kappa shape index (κ2) is 7.34. The van der Waals surface area contributed by atoms with E-state index >= 15 is 0 Å². The van der Waals surface area contributed by atoms with E-state index in [0.717, 1.165) is 31.4 Å². The van der Waals surface area contributed by atoms with Crippen LogP contribution >= 0.6 is 0 Å². The number of aromatic nitrogens is 4. The lowest BCUT2D eigenvalue weighted by atomic mass is 10.1. The van der Waals surface area contributed by atoms with E-state index in [1.54, 1.807) is 12.3 Å². The van der Waals surface area contributed by atoms with Crippen molar-refractivity contribution >= 4 is 11.8 Å². The van der Waals surface area contributed by atoms with Crippen LogP contribution in [0.2, 0.25) is 0 Å². The van der Waals surface area contributed by atoms with Gasteiger partial charge < -0.3 is 15.0 Å². The topological polar surface area (TPSA) is 113 Å². The molecule has 4 rings (SSSR count). The zero-order valence-corrected chi connectivity index (χ0v) is 15.2. The summed E-state index contributed by atoms with van der Waals surface area (Å²) in [6, 6.07) is 1.89. The first-order valence-electron chi connectivity index (χ1n) is 9.19. The highest BCUT2D eigenvalue weighted by Crippen LogP contribution is 2.33. The van der Waals surface area contributed by atoms with Gasteiger partial charge in [0.05, 0.1) is 36.8 Å². The molecule has 9 nitrogen and oxygen atoms in total. The van der Waals surface area contributed by atoms with Crippen LogP contribution in [0, 0.1) is 0 Å². The van der Waals surface area contributed by atoms with Gasteiger partial charge in [0.25, 0.3) is 11.8 Å². The number of rotatable bonds is 6. The summed E-state index contributed by atoms with van der Waals surface area (Å²) in [6.45, 7) is 0.886. The van der Waals surface area contributed by atoms with Crippen molar-refractivity contribution in [3.63, 3.8) is 0 Å². The minimum absolute atomic E-state index is 0.0382. The van der Waals surface area contributed by atoms with Crippen LogP contribution in [0.4, 0.5) is 0 Å². The molecule has 0 bridgehead atoms. The monoisotopic (exact) mass is 370 g/mol. The van der Waals surface area contributed by atoms with Gasteiger partial charge in [-0.05, 0) is 18.9 Å². The standard InChI is InChI=1S/C18H22N6O3/c1-27-17-14(16(25)19-7-6-11-9-20-23-22-11)8-13-15(21-17)10-24(18(13)26)12-4-2-3-5-12/h8-9,12H,2-7,10H2,1H3,(H,19,25)(H,20,22,23). The summed E-state index contributed by atoms with van der Waals surface area (Å²) in [5.41, 5.74) is 2.22. The number of hydrogen-bond acceptors (Lipinski definition) is 6. The maximum atomic E-state index is 12.8. The summed E-state index contributed by atoms with van der Waals surface area (Å²) in [4.78, 5) is 31.8. The molecule has 2 aliphatic rings. The van der Waals surface area contributed by atoms with E-state index in [1.165, 1.54) is 7.11 Å². The fraction of sp³-hybridized carbons (Fsp3) is 0.500. The molecule has 2 aromatic heterocycles. The minimum Gasteiger partial charge on any atom is -0.480 e. The van der Waals surface area contributed by atoms with E-state index in [2.05, 4.69) is 25.7 Å². The highest BCUT2D eigenvalue weighted by atomic mass is 16.5. The zero-order chi connectivity index (χ0) is 18.8. The molecule has 9 heteroatoms. The van der Waals surface area contributed by atoms with E-state index in [-0.39, 0.29) is 29.3 Å². The summed E-state index contributed by atoms with van der Waals surface area (Å²) in [6.07, 6.45) is 6.54. The molecule has 27 heavy (non-hydrogen) atoms. The number of nitrogens with one attached hydrogen (secondary N) is 2. The first kappa shape index (κ1) is 17.4. The molecule has 3 heterocycles. The summed E-state index contributed by atoms with van der Waals surface area (Å²) in [5.74, 6) is -0.116. The van der Waals surface area contributed by atoms with Crippen LogP contribution in [0.15, 0.2) is 12.3 Å². The molecule has 2 aromatic rings. The molecule has 1 aliphatic carbocycles. The Balaban J connectivity index is 1.50. The molecule has 1 fully saturated rings. The Labute approximate surface area is 156 Å². The van der Waals surface area contributed by atoms with Crippen LogP contribution in [0.3, 0.4) is 0 Å². The Kier molecular flexibility index (Phi) is 4.74. The number of fused-ring (bicyclic) bond motifs is 1. The number of nitrogens with zero attached hydrogens (tertiary/aromatic N) is 4. The third kappa shape index (κ3) is 3.36. The lowest BCUT2D eigenvalue weighted by Crippen LogP contribution is -2.33. The largest absolute Gasteiger partial charge is 0.480 e. The predicted octanol–water partition coefficient (Wildman–Crippen LogP) is 1.08. The lowest BCUT2D eigenvalue weighted by molar-refractivity contribution is 0.0706. The van der Waals surface area contributed by atoms with Crippen LogP contribution in [0.1, 0.15) is 57.8 Å². The van der Waals surface area contributed by atoms with Crippen molar-refractivity contribution in [2.75, 3.05) is 13.7 Å². The Hall–Kier alpha value is -2.97. The third-order valence-corrected chi connectivity index (χ3v) is 5.21. The molecular weight excluding hydrogens is 348 g/mol. The SMILES string of the molecule is COc1nc2c(cc1C(=O)NCCc1cn[nH]n1)C(=O)N(C1CCCC1)C2. The van der Waals surface area contributed by atoms with E-state index in [4.69, 9.17) is 4.74 Å². The third-order valence-electron chi connectivity index (χ3n) is 5.21. The number of pyridine rings is 1. The van der Waals surface area contributed by atoms with Gasteiger partial charge in [0.15, 0.2) is 0 Å². The molecule has 142 valence electrons. The molecule has 0 atom stereocenters. The molecule has 0 saturated heterocycles.